The van der Waals surface area contributed by atoms with Crippen LogP contribution >= 0.6 is 0 Å². The van der Waals surface area contributed by atoms with Crippen LogP contribution in [-0.2, 0) is 0 Å². The zero-order valence-corrected chi connectivity index (χ0v) is 4.05. The second-order valence-corrected chi connectivity index (χ2v) is 1.42. The molecule has 0 aromatic carbocycles. The maximum Gasteiger partial charge on any atom is 0.137 e. The largest absolute Gasteiger partial charge is 0.269 e. The first-order valence-corrected chi connectivity index (χ1v) is 2.06. The van der Waals surface area contributed by atoms with E-state index in [1.807, 2.05) is 0 Å². The van der Waals surface area contributed by atoms with Gasteiger partial charge in [-0.1, -0.05) is 0 Å². The predicted molar refractivity (Wildman–Crippen MR) is 22.4 cm³/mol. The molecule has 4 nitrogen and oxygen atoms in total. The summed E-state index contributed by atoms with van der Waals surface area (Å²) in [5.41, 5.74) is 5.01. The van der Waals surface area contributed by atoms with E-state index < -0.39 is 0 Å². The van der Waals surface area contributed by atoms with Crippen molar-refractivity contribution >= 4 is 0 Å². The standard InChI is InChI=1S/C3H7N3O/c1-3-2-4-5-6(3)7/h2,4-5,7H,1H3/p+1. The molecule has 0 spiro atoms. The number of quaternary nitrogens is 1. The van der Waals surface area contributed by atoms with Crippen molar-refractivity contribution in [3.8, 4) is 0 Å². The van der Waals surface area contributed by atoms with Gasteiger partial charge in [-0.05, 0) is 12.5 Å². The van der Waals surface area contributed by atoms with Crippen molar-refractivity contribution in [3.63, 3.8) is 0 Å². The Kier molecular flexibility index (Phi) is 0.976. The van der Waals surface area contributed by atoms with E-state index >= 15 is 0 Å². The van der Waals surface area contributed by atoms with Gasteiger partial charge in [-0.25, -0.2) is 5.43 Å². The number of hydrogen-bond donors (Lipinski definition) is 3. The summed E-state index contributed by atoms with van der Waals surface area (Å²) < 4.78 is 0. The predicted octanol–water partition coefficient (Wildman–Crippen LogP) is -1.46. The van der Waals surface area contributed by atoms with Gasteiger partial charge in [-0.2, -0.15) is 0 Å². The Morgan fingerprint density at radius 1 is 2.00 bits per heavy atom. The van der Waals surface area contributed by atoms with Crippen LogP contribution in [0.15, 0.2) is 11.9 Å². The van der Waals surface area contributed by atoms with Crippen LogP contribution in [0.5, 0.6) is 0 Å². The van der Waals surface area contributed by atoms with E-state index in [2.05, 4.69) is 5.53 Å². The molecule has 4 heteroatoms. The molecule has 0 aliphatic carbocycles. The fraction of sp³-hybridized carbons (Fsp3) is 0.333. The third-order valence-electron chi connectivity index (χ3n) is 0.855. The number of rotatable bonds is 0. The molecule has 0 aromatic heterocycles. The molecule has 1 rings (SSSR count). The van der Waals surface area contributed by atoms with Crippen molar-refractivity contribution in [2.24, 2.45) is 0 Å². The van der Waals surface area contributed by atoms with Crippen LogP contribution in [0.4, 0.5) is 0 Å². The summed E-state index contributed by atoms with van der Waals surface area (Å²) in [5.74, 6) is 0. The van der Waals surface area contributed by atoms with Gasteiger partial charge in [0.15, 0.2) is 0 Å². The van der Waals surface area contributed by atoms with Crippen molar-refractivity contribution in [2.75, 3.05) is 0 Å². The molecule has 0 fully saturated rings. The van der Waals surface area contributed by atoms with Gasteiger partial charge in [-0.3, -0.25) is 5.21 Å². The molecule has 0 unspecified atom stereocenters. The zero-order chi connectivity index (χ0) is 5.28. The highest BCUT2D eigenvalue weighted by Gasteiger charge is 2.08. The van der Waals surface area contributed by atoms with Crippen LogP contribution in [0.3, 0.4) is 0 Å². The van der Waals surface area contributed by atoms with Gasteiger partial charge in [0.25, 0.3) is 0 Å². The first kappa shape index (κ1) is 4.58. The third kappa shape index (κ3) is 0.714. The van der Waals surface area contributed by atoms with Crippen LogP contribution in [0.25, 0.3) is 0 Å². The lowest BCUT2D eigenvalue weighted by Gasteiger charge is -2.02. The van der Waals surface area contributed by atoms with Crippen LogP contribution < -0.4 is 11.0 Å². The Morgan fingerprint density at radius 2 is 2.71 bits per heavy atom. The minimum absolute atomic E-state index is 0.806. The zero-order valence-electron chi connectivity index (χ0n) is 4.05. The number of hydrogen-bond acceptors (Lipinski definition) is 3. The molecule has 40 valence electrons. The average molecular weight is 102 g/mol. The highest BCUT2D eigenvalue weighted by atomic mass is 16.6. The highest BCUT2D eigenvalue weighted by Crippen LogP contribution is 1.90. The molecule has 0 amide bonds. The smallest absolute Gasteiger partial charge is 0.137 e. The van der Waals surface area contributed by atoms with Crippen LogP contribution in [0, 0.1) is 0 Å². The fourth-order valence-electron chi connectivity index (χ4n) is 0.401. The van der Waals surface area contributed by atoms with Crippen LogP contribution in [0.1, 0.15) is 6.92 Å². The molecular formula is C3H8N3O+. The molecule has 0 atom stereocenters. The number of allylic oxidation sites excluding steroid dienone is 1. The highest BCUT2D eigenvalue weighted by molar-refractivity contribution is 4.86. The van der Waals surface area contributed by atoms with E-state index in [1.165, 1.54) is 0 Å². The topological polar surface area (TPSA) is 52.1 Å². The van der Waals surface area contributed by atoms with Gasteiger partial charge in [0.2, 0.25) is 0 Å². The minimum atomic E-state index is 0.806. The molecule has 0 aromatic rings. The molecular weight excluding hydrogens is 94.1 g/mol. The van der Waals surface area contributed by atoms with E-state index in [1.54, 1.807) is 18.5 Å². The Hall–Kier alpha value is -0.580. The maximum absolute atomic E-state index is 8.62. The maximum atomic E-state index is 8.62. The lowest BCUT2D eigenvalue weighted by molar-refractivity contribution is -0.674. The number of hydrazine groups is 1. The molecule has 0 bridgehead atoms. The minimum Gasteiger partial charge on any atom is -0.269 e. The van der Waals surface area contributed by atoms with Gasteiger partial charge in [-0.15, -0.1) is 5.17 Å². The fourth-order valence-corrected chi connectivity index (χ4v) is 0.401. The second-order valence-electron chi connectivity index (χ2n) is 1.42. The van der Waals surface area contributed by atoms with E-state index in [0.717, 1.165) is 10.9 Å². The number of hydroxylamine groups is 1. The van der Waals surface area contributed by atoms with Crippen molar-refractivity contribution in [1.82, 2.24) is 10.7 Å². The Morgan fingerprint density at radius 3 is 2.86 bits per heavy atom. The van der Waals surface area contributed by atoms with E-state index in [0.29, 0.717) is 0 Å². The molecule has 1 heterocycles. The lowest BCUT2D eigenvalue weighted by atomic mass is 10.6. The van der Waals surface area contributed by atoms with Crippen LogP contribution in [-0.4, -0.2) is 10.4 Å². The van der Waals surface area contributed by atoms with Crippen molar-refractivity contribution in [1.29, 1.82) is 0 Å². The normalized spacial score (nSPS) is 20.3. The Labute approximate surface area is 41.3 Å². The summed E-state index contributed by atoms with van der Waals surface area (Å²) in [6.07, 6.45) is 1.78. The van der Waals surface area contributed by atoms with E-state index in [4.69, 9.17) is 5.21 Å². The summed E-state index contributed by atoms with van der Waals surface area (Å²) in [6, 6.07) is 0. The van der Waals surface area contributed by atoms with Gasteiger partial charge in [0.1, 0.15) is 11.9 Å². The number of nitrogens with zero attached hydrogens (tertiary/aromatic N) is 1. The van der Waals surface area contributed by atoms with E-state index in [-0.39, 0.29) is 0 Å². The molecule has 0 saturated carbocycles. The van der Waals surface area contributed by atoms with Gasteiger partial charge >= 0.3 is 0 Å². The van der Waals surface area contributed by atoms with Crippen molar-refractivity contribution in [3.05, 3.63) is 11.9 Å². The number of nitrogens with one attached hydrogen (secondary N) is 1. The van der Waals surface area contributed by atoms with Gasteiger partial charge in [0, 0.05) is 0 Å². The molecule has 0 saturated heterocycles. The molecule has 0 radical (unpaired) electrons. The SMILES string of the molecule is CC1=C[NH2+]NN1O. The lowest BCUT2D eigenvalue weighted by Crippen LogP contribution is -2.87. The third-order valence-corrected chi connectivity index (χ3v) is 0.855. The van der Waals surface area contributed by atoms with Crippen molar-refractivity contribution < 1.29 is 10.6 Å². The van der Waals surface area contributed by atoms with Gasteiger partial charge in [0.05, 0.1) is 0 Å². The number of nitrogens with two attached hydrogens (primary N) is 1. The summed E-state index contributed by atoms with van der Waals surface area (Å²) in [6.45, 7) is 1.80. The molecule has 1 aliphatic heterocycles. The summed E-state index contributed by atoms with van der Waals surface area (Å²) in [4.78, 5) is 0. The van der Waals surface area contributed by atoms with Gasteiger partial charge < -0.3 is 0 Å². The Bertz CT molecular complexity index is 100. The molecule has 7 heavy (non-hydrogen) atoms. The summed E-state index contributed by atoms with van der Waals surface area (Å²) in [5, 5.41) is 9.58. The first-order chi connectivity index (χ1) is 3.30. The second kappa shape index (κ2) is 1.49. The summed E-state index contributed by atoms with van der Waals surface area (Å²) >= 11 is 0. The first-order valence-electron chi connectivity index (χ1n) is 2.06. The molecule has 4 N–H and O–H groups in total. The summed E-state index contributed by atoms with van der Waals surface area (Å²) in [7, 11) is 0. The quantitative estimate of drug-likeness (QED) is 0.327. The Balaban J connectivity index is 2.54. The molecule has 1 aliphatic rings. The van der Waals surface area contributed by atoms with Crippen LogP contribution in [0.2, 0.25) is 0 Å². The van der Waals surface area contributed by atoms with Crippen molar-refractivity contribution in [2.45, 2.75) is 6.92 Å². The average Bonchev–Trinajstić information content (AvgIpc) is 1.91. The van der Waals surface area contributed by atoms with E-state index in [9.17, 15) is 0 Å². The monoisotopic (exact) mass is 102 g/mol.